The zero-order chi connectivity index (χ0) is 17.3. The van der Waals surface area contributed by atoms with Gasteiger partial charge in [0.25, 0.3) is 0 Å². The summed E-state index contributed by atoms with van der Waals surface area (Å²) >= 11 is 2.94. The quantitative estimate of drug-likeness (QED) is 0.713. The van der Waals surface area contributed by atoms with E-state index in [1.54, 1.807) is 12.1 Å². The summed E-state index contributed by atoms with van der Waals surface area (Å²) in [4.78, 5) is 8.76. The maximum atomic E-state index is 13.0. The topological polar surface area (TPSA) is 49.8 Å². The van der Waals surface area contributed by atoms with Gasteiger partial charge in [-0.25, -0.2) is 4.98 Å². The molecule has 3 rings (SSSR count). The van der Waals surface area contributed by atoms with E-state index in [0.29, 0.717) is 29.9 Å². The van der Waals surface area contributed by atoms with E-state index < -0.39 is 11.7 Å². The van der Waals surface area contributed by atoms with Crippen LogP contribution in [-0.4, -0.2) is 16.5 Å². The molecule has 0 atom stereocenters. The Morgan fingerprint density at radius 1 is 1.21 bits per heavy atom. The van der Waals surface area contributed by atoms with Crippen LogP contribution < -0.4 is 10.6 Å². The molecule has 2 N–H and O–H groups in total. The van der Waals surface area contributed by atoms with E-state index in [4.69, 9.17) is 0 Å². The van der Waals surface area contributed by atoms with E-state index in [-0.39, 0.29) is 4.47 Å². The van der Waals surface area contributed by atoms with Crippen molar-refractivity contribution in [2.75, 3.05) is 17.2 Å². The second-order valence-electron chi connectivity index (χ2n) is 5.62. The lowest BCUT2D eigenvalue weighted by Crippen LogP contribution is -2.08. The van der Waals surface area contributed by atoms with E-state index in [0.717, 1.165) is 24.6 Å². The number of anilines is 3. The van der Waals surface area contributed by atoms with Crippen molar-refractivity contribution >= 4 is 33.4 Å². The summed E-state index contributed by atoms with van der Waals surface area (Å²) in [5, 5.41) is 6.01. The van der Waals surface area contributed by atoms with Gasteiger partial charge < -0.3 is 10.6 Å². The summed E-state index contributed by atoms with van der Waals surface area (Å²) in [5.41, 5.74) is 0.515. The van der Waals surface area contributed by atoms with E-state index in [1.165, 1.54) is 6.07 Å². The molecule has 1 aliphatic carbocycles. The number of benzene rings is 1. The Balaban J connectivity index is 1.90. The molecule has 1 saturated carbocycles. The minimum atomic E-state index is -4.42. The van der Waals surface area contributed by atoms with Crippen molar-refractivity contribution in [1.29, 1.82) is 0 Å². The van der Waals surface area contributed by atoms with E-state index in [1.807, 2.05) is 6.92 Å². The first-order valence-corrected chi connectivity index (χ1v) is 8.42. The standard InChI is InChI=1S/C16H16BrF3N4/c1-2-21-15-23-13(9-3-4-9)8-14(24-15)22-10-5-6-12(17)11(7-10)16(18,19)20/h5-9H,2-4H2,1H3,(H2,21,22,23,24). The highest BCUT2D eigenvalue weighted by molar-refractivity contribution is 9.10. The van der Waals surface area contributed by atoms with Gasteiger partial charge in [-0.05, 0) is 38.0 Å². The van der Waals surface area contributed by atoms with Crippen molar-refractivity contribution < 1.29 is 13.2 Å². The molecule has 1 aromatic carbocycles. The van der Waals surface area contributed by atoms with Crippen LogP contribution in [0.1, 0.15) is 36.9 Å². The lowest BCUT2D eigenvalue weighted by Gasteiger charge is -2.13. The fourth-order valence-corrected chi connectivity index (χ4v) is 2.80. The van der Waals surface area contributed by atoms with Gasteiger partial charge in [0.1, 0.15) is 5.82 Å². The molecule has 0 spiro atoms. The van der Waals surface area contributed by atoms with Gasteiger partial charge in [-0.1, -0.05) is 15.9 Å². The predicted octanol–water partition coefficient (Wildman–Crippen LogP) is 5.31. The number of aromatic nitrogens is 2. The highest BCUT2D eigenvalue weighted by atomic mass is 79.9. The number of nitrogens with zero attached hydrogens (tertiary/aromatic N) is 2. The fourth-order valence-electron chi connectivity index (χ4n) is 2.32. The minimum absolute atomic E-state index is 0.00949. The number of rotatable bonds is 5. The van der Waals surface area contributed by atoms with E-state index >= 15 is 0 Å². The lowest BCUT2D eigenvalue weighted by molar-refractivity contribution is -0.138. The van der Waals surface area contributed by atoms with Crippen molar-refractivity contribution in [3.8, 4) is 0 Å². The summed E-state index contributed by atoms with van der Waals surface area (Å²) in [6, 6.07) is 5.81. The molecule has 8 heteroatoms. The average molecular weight is 401 g/mol. The number of hydrogen-bond acceptors (Lipinski definition) is 4. The molecule has 2 aromatic rings. The van der Waals surface area contributed by atoms with Gasteiger partial charge in [-0.3, -0.25) is 0 Å². The SMILES string of the molecule is CCNc1nc(Nc2ccc(Br)c(C(F)(F)F)c2)cc(C2CC2)n1. The minimum Gasteiger partial charge on any atom is -0.354 e. The van der Waals surface area contributed by atoms with Crippen molar-refractivity contribution in [3.05, 3.63) is 40.0 Å². The molecule has 0 unspecified atom stereocenters. The number of hydrogen-bond donors (Lipinski definition) is 2. The van der Waals surface area contributed by atoms with Crippen LogP contribution in [0.3, 0.4) is 0 Å². The number of halogens is 4. The zero-order valence-electron chi connectivity index (χ0n) is 12.9. The summed E-state index contributed by atoms with van der Waals surface area (Å²) in [7, 11) is 0. The molecule has 0 bridgehead atoms. The van der Waals surface area contributed by atoms with Crippen molar-refractivity contribution in [3.63, 3.8) is 0 Å². The van der Waals surface area contributed by atoms with Crippen LogP contribution in [0.5, 0.6) is 0 Å². The van der Waals surface area contributed by atoms with Crippen molar-refractivity contribution in [1.82, 2.24) is 9.97 Å². The van der Waals surface area contributed by atoms with Gasteiger partial charge in [0.05, 0.1) is 11.3 Å². The van der Waals surface area contributed by atoms with Gasteiger partial charge in [0.15, 0.2) is 0 Å². The molecule has 1 heterocycles. The third-order valence-electron chi connectivity index (χ3n) is 3.62. The largest absolute Gasteiger partial charge is 0.417 e. The average Bonchev–Trinajstić information content (AvgIpc) is 3.33. The number of nitrogens with one attached hydrogen (secondary N) is 2. The summed E-state index contributed by atoms with van der Waals surface area (Å²) in [6.45, 7) is 2.61. The highest BCUT2D eigenvalue weighted by Gasteiger charge is 2.33. The van der Waals surface area contributed by atoms with E-state index in [2.05, 4.69) is 36.5 Å². The maximum absolute atomic E-state index is 13.0. The predicted molar refractivity (Wildman–Crippen MR) is 90.6 cm³/mol. The van der Waals surface area contributed by atoms with Gasteiger partial charge in [0, 0.05) is 28.7 Å². The van der Waals surface area contributed by atoms with Gasteiger partial charge >= 0.3 is 6.18 Å². The first-order chi connectivity index (χ1) is 11.4. The molecule has 0 saturated heterocycles. The third kappa shape index (κ3) is 3.98. The normalized spacial score (nSPS) is 14.5. The van der Waals surface area contributed by atoms with Crippen LogP contribution in [0.25, 0.3) is 0 Å². The second kappa shape index (κ2) is 6.58. The molecule has 1 fully saturated rings. The molecule has 128 valence electrons. The van der Waals surface area contributed by atoms with Crippen LogP contribution >= 0.6 is 15.9 Å². The molecular weight excluding hydrogens is 385 g/mol. The Morgan fingerprint density at radius 2 is 1.96 bits per heavy atom. The molecule has 4 nitrogen and oxygen atoms in total. The molecule has 0 aliphatic heterocycles. The molecule has 1 aliphatic rings. The number of alkyl halides is 3. The van der Waals surface area contributed by atoms with Gasteiger partial charge in [0.2, 0.25) is 5.95 Å². The summed E-state index contributed by atoms with van der Waals surface area (Å²) in [5.74, 6) is 1.39. The summed E-state index contributed by atoms with van der Waals surface area (Å²) in [6.07, 6.45) is -2.26. The maximum Gasteiger partial charge on any atom is 0.417 e. The molecular formula is C16H16BrF3N4. The first kappa shape index (κ1) is 17.0. The first-order valence-electron chi connectivity index (χ1n) is 7.63. The lowest BCUT2D eigenvalue weighted by atomic mass is 10.2. The van der Waals surface area contributed by atoms with Gasteiger partial charge in [-0.15, -0.1) is 0 Å². The van der Waals surface area contributed by atoms with E-state index in [9.17, 15) is 13.2 Å². The van der Waals surface area contributed by atoms with Crippen LogP contribution in [-0.2, 0) is 6.18 Å². The Bertz CT molecular complexity index is 745. The Hall–Kier alpha value is -1.83. The molecule has 24 heavy (non-hydrogen) atoms. The Kier molecular flexibility index (Phi) is 4.67. The van der Waals surface area contributed by atoms with Crippen molar-refractivity contribution in [2.24, 2.45) is 0 Å². The van der Waals surface area contributed by atoms with Crippen LogP contribution in [0, 0.1) is 0 Å². The molecule has 1 aromatic heterocycles. The fraction of sp³-hybridized carbons (Fsp3) is 0.375. The molecule has 0 radical (unpaired) electrons. The third-order valence-corrected chi connectivity index (χ3v) is 4.31. The second-order valence-corrected chi connectivity index (χ2v) is 6.48. The Labute approximate surface area is 146 Å². The summed E-state index contributed by atoms with van der Waals surface area (Å²) < 4.78 is 39.1. The van der Waals surface area contributed by atoms with Gasteiger partial charge in [-0.2, -0.15) is 18.2 Å². The van der Waals surface area contributed by atoms with Crippen LogP contribution in [0.15, 0.2) is 28.7 Å². The molecule has 0 amide bonds. The highest BCUT2D eigenvalue weighted by Crippen LogP contribution is 2.40. The Morgan fingerprint density at radius 3 is 2.58 bits per heavy atom. The monoisotopic (exact) mass is 400 g/mol. The van der Waals surface area contributed by atoms with Crippen molar-refractivity contribution in [2.45, 2.75) is 31.9 Å². The van der Waals surface area contributed by atoms with Crippen LogP contribution in [0.4, 0.5) is 30.6 Å². The van der Waals surface area contributed by atoms with Crippen LogP contribution in [0.2, 0.25) is 0 Å². The smallest absolute Gasteiger partial charge is 0.354 e. The zero-order valence-corrected chi connectivity index (χ0v) is 14.5.